The monoisotopic (exact) mass is 1820 g/mol. The summed E-state index contributed by atoms with van der Waals surface area (Å²) in [7, 11) is -43.1. The smallest absolute Gasteiger partial charge is 0.413 e. The Morgan fingerprint density at radius 1 is 0.367 bits per heavy atom. The van der Waals surface area contributed by atoms with Gasteiger partial charge in [-0.2, -0.15) is 0 Å². The molecule has 9 aliphatic rings. The van der Waals surface area contributed by atoms with Crippen LogP contribution in [-0.4, -0.2) is 172 Å². The van der Waals surface area contributed by atoms with Crippen LogP contribution in [0.5, 0.6) is 0 Å². The van der Waals surface area contributed by atoms with Crippen molar-refractivity contribution < 1.29 is 78.5 Å². The van der Waals surface area contributed by atoms with E-state index in [-0.39, 0.29) is 9.76 Å². The Morgan fingerprint density at radius 3 is 1.18 bits per heavy atom. The number of fused-ring (bicyclic) bond motifs is 4. The maximum Gasteiger partial charge on any atom is 0.519 e. The zero-order valence-electron chi connectivity index (χ0n) is 70.8. The highest BCUT2D eigenvalue weighted by atomic mass is 28.5. The molecule has 0 amide bonds. The Labute approximate surface area is 727 Å². The van der Waals surface area contributed by atoms with Gasteiger partial charge in [0.25, 0.3) is 9.76 Å². The van der Waals surface area contributed by atoms with Crippen molar-refractivity contribution in [1.29, 1.82) is 0 Å². The van der Waals surface area contributed by atoms with E-state index >= 15 is 4.80 Å². The molecule has 0 aromatic heterocycles. The van der Waals surface area contributed by atoms with Gasteiger partial charge in [-0.1, -0.05) is 268 Å². The molecule has 17 rings (SSSR count). The first-order valence-corrected chi connectivity index (χ1v) is 69.0. The predicted octanol–water partition coefficient (Wildman–Crippen LogP) is 13.2. The average molecular weight is 1830 g/mol. The highest BCUT2D eigenvalue weighted by molar-refractivity contribution is 6.98. The summed E-state index contributed by atoms with van der Waals surface area (Å²) in [4.78, 5) is 15.2. The zero-order valence-corrected chi connectivity index (χ0v) is 82.8. The van der Waals surface area contributed by atoms with Crippen LogP contribution in [0, 0.1) is 23.7 Å². The summed E-state index contributed by atoms with van der Waals surface area (Å²) in [5.41, 5.74) is 0. The number of ether oxygens (including phenoxy) is 4. The van der Waals surface area contributed by atoms with Gasteiger partial charge >= 0.3 is 62.3 Å². The van der Waals surface area contributed by atoms with Gasteiger partial charge in [-0.05, 0) is 198 Å². The lowest BCUT2D eigenvalue weighted by molar-refractivity contribution is -0.0380. The van der Waals surface area contributed by atoms with Gasteiger partial charge in [0.05, 0.1) is 48.8 Å². The second-order valence-electron chi connectivity index (χ2n) is 37.2. The molecule has 9 fully saturated rings. The first-order chi connectivity index (χ1) is 58.0. The molecule has 5 heterocycles. The van der Waals surface area contributed by atoms with Crippen molar-refractivity contribution in [1.82, 2.24) is 0 Å². The summed E-state index contributed by atoms with van der Waals surface area (Å²) in [6.45, 7) is 17.7. The highest BCUT2D eigenvalue weighted by Gasteiger charge is 2.67. The third-order valence-corrected chi connectivity index (χ3v) is 65.0. The fourth-order valence-electron chi connectivity index (χ4n) is 18.7. The molecule has 0 bridgehead atoms. The van der Waals surface area contributed by atoms with Crippen LogP contribution in [-0.2, 0) is 73.7 Å². The number of epoxide rings is 4. The molecule has 4 saturated carbocycles. The van der Waals surface area contributed by atoms with E-state index in [4.69, 9.17) is 73.7 Å². The first kappa shape index (κ1) is 87.7. The molecule has 18 nitrogen and oxygen atoms in total. The van der Waals surface area contributed by atoms with Crippen molar-refractivity contribution in [3.8, 4) is 0 Å². The summed E-state index contributed by atoms with van der Waals surface area (Å²) in [6.07, 6.45) is 19.2. The second kappa shape index (κ2) is 37.9. The summed E-state index contributed by atoms with van der Waals surface area (Å²) < 4.78 is 134. The van der Waals surface area contributed by atoms with Gasteiger partial charge < -0.3 is 78.5 Å². The predicted molar refractivity (Wildman–Crippen MR) is 491 cm³/mol. The molecule has 1 N–H and O–H groups in total. The van der Waals surface area contributed by atoms with Crippen LogP contribution in [0.15, 0.2) is 243 Å². The Bertz CT molecular complexity index is 4590. The van der Waals surface area contributed by atoms with Crippen LogP contribution in [0.3, 0.4) is 0 Å². The minimum atomic E-state index is -5.26. The Hall–Kier alpha value is -4.36. The van der Waals surface area contributed by atoms with Crippen LogP contribution >= 0.6 is 0 Å². The first-order valence-electron chi connectivity index (χ1n) is 44.1. The number of hydrogen-bond donors (Lipinski definition) is 1. The summed E-state index contributed by atoms with van der Waals surface area (Å²) in [6, 6.07) is 84.4. The lowest BCUT2D eigenvalue weighted by Crippen LogP contribution is -2.77. The largest absolute Gasteiger partial charge is 0.519 e. The number of benzene rings is 8. The minimum absolute atomic E-state index is 0.294. The fraction of sp³-hybridized carbons (Fsp3) is 0.467. The Kier molecular flexibility index (Phi) is 27.7. The lowest BCUT2D eigenvalue weighted by atomic mass is 9.88. The SMILES string of the molecule is C[Si](C)(CCC1CCC2OC2C1)O[Si](O)(O[Si]1(c2ccccc2)OCO[Si](O[Si](C)(C)CCC2CCC3OC3C2)(c2ccccc2)O[Si](c2ccccc2)O[Si](O[Si](C)(C)CCC2CCC3OC3C2)(c2ccccc2)O[Si](c2ccccc2)OC1O[Si](O[Si]c1ccccc1)(O[Si](C)(C)CCC1CCC2OC2C1)c1ccccc1)c1ccccc1. The maximum atomic E-state index is 15.2. The average Bonchev–Trinajstić information content (AvgIpc) is 1.33. The molecule has 636 valence electrons. The van der Waals surface area contributed by atoms with E-state index in [9.17, 15) is 0 Å². The van der Waals surface area contributed by atoms with Gasteiger partial charge in [0, 0.05) is 20.7 Å². The van der Waals surface area contributed by atoms with Crippen molar-refractivity contribution in [3.63, 3.8) is 0 Å². The number of rotatable bonds is 34. The molecule has 120 heavy (non-hydrogen) atoms. The molecule has 5 aliphatic heterocycles. The minimum Gasteiger partial charge on any atom is -0.413 e. The van der Waals surface area contributed by atoms with Crippen molar-refractivity contribution in [3.05, 3.63) is 243 Å². The standard InChI is InChI=1S/C90H120O18Si12/c1-112(2,61-57-70-49-53-82-86(65-70)94-82)104-117(91,78-41-25-13-26-42-78)108-116(77-39-23-12-24-40-77)90(99-119(80-45-29-15-30-46-80,100-109-74-33-17-9-18-34-74)106-114(5,6)63-59-72-51-55-84-88(67-72)96-84)98-110(75-35-19-10-20-36-75)101-120(81-47-31-16-32-48-81,107-115(7,8)64-60-73-52-56-85-89(68-73)97-85)103-111(76-37-21-11-22-38-76)102-118(93-69-92-116,79-43-27-14-28-44-79)105-113(3,4)62-58-71-50-54-83-87(66-71)95-83/h9-48,70-73,82-91H,49-69H2,1-8H3. The third-order valence-electron chi connectivity index (χ3n) is 25.8. The molecule has 8 aromatic rings. The zero-order chi connectivity index (χ0) is 82.6. The van der Waals surface area contributed by atoms with Gasteiger partial charge in [-0.3, -0.25) is 0 Å². The number of hydrogen-bond acceptors (Lipinski definition) is 18. The van der Waals surface area contributed by atoms with Crippen LogP contribution in [0.1, 0.15) is 103 Å². The fourth-order valence-corrected chi connectivity index (χ4v) is 62.3. The second-order valence-corrected chi connectivity index (χ2v) is 73.9. The van der Waals surface area contributed by atoms with Gasteiger partial charge in [0.15, 0.2) is 39.2 Å². The van der Waals surface area contributed by atoms with E-state index in [0.29, 0.717) is 104 Å². The van der Waals surface area contributed by atoms with Crippen molar-refractivity contribution in [2.75, 3.05) is 6.79 Å². The van der Waals surface area contributed by atoms with Gasteiger partial charge in [-0.15, -0.1) is 0 Å². The molecule has 5 saturated heterocycles. The normalized spacial score (nSPS) is 30.9. The molecule has 18 unspecified atom stereocenters. The summed E-state index contributed by atoms with van der Waals surface area (Å²) >= 11 is 0. The maximum absolute atomic E-state index is 15.2. The molecular formula is C90H120O18Si12. The molecule has 8 aromatic carbocycles. The Morgan fingerprint density at radius 2 is 0.725 bits per heavy atom. The van der Waals surface area contributed by atoms with Crippen molar-refractivity contribution in [2.45, 2.75) is 234 Å². The molecule has 4 radical (unpaired) electrons. The molecular weight excluding hydrogens is 1710 g/mol. The van der Waals surface area contributed by atoms with Crippen LogP contribution in [0.2, 0.25) is 76.6 Å². The summed E-state index contributed by atoms with van der Waals surface area (Å²) in [5, 5.41) is 5.56. The quantitative estimate of drug-likeness (QED) is 0.0296. The summed E-state index contributed by atoms with van der Waals surface area (Å²) in [5.74, 6) is 0.0885. The lowest BCUT2D eigenvalue weighted by Gasteiger charge is -2.47. The van der Waals surface area contributed by atoms with Gasteiger partial charge in [0.1, 0.15) is 6.79 Å². The van der Waals surface area contributed by atoms with E-state index in [0.717, 1.165) is 137 Å². The van der Waals surface area contributed by atoms with E-state index in [1.807, 2.05) is 170 Å². The van der Waals surface area contributed by atoms with E-state index in [1.165, 1.54) is 0 Å². The molecule has 30 heteroatoms. The van der Waals surface area contributed by atoms with Crippen LogP contribution < -0.4 is 41.5 Å². The van der Waals surface area contributed by atoms with Gasteiger partial charge in [0.2, 0.25) is 0 Å². The third kappa shape index (κ3) is 22.1. The topological polar surface area (TPSA) is 190 Å². The molecule has 18 atom stereocenters. The Balaban J connectivity index is 0.910. The molecule has 0 spiro atoms. The van der Waals surface area contributed by atoms with Crippen LogP contribution in [0.25, 0.3) is 0 Å². The molecule has 4 aliphatic carbocycles. The van der Waals surface area contributed by atoms with E-state index in [1.54, 1.807) is 0 Å². The van der Waals surface area contributed by atoms with Crippen molar-refractivity contribution in [2.24, 2.45) is 23.7 Å². The van der Waals surface area contributed by atoms with E-state index in [2.05, 4.69) is 125 Å². The van der Waals surface area contributed by atoms with Crippen LogP contribution in [0.4, 0.5) is 0 Å². The highest BCUT2D eigenvalue weighted by Crippen LogP contribution is 2.47. The van der Waals surface area contributed by atoms with Crippen molar-refractivity contribution >= 4 is 147 Å². The van der Waals surface area contributed by atoms with E-state index < -0.39 is 108 Å². The van der Waals surface area contributed by atoms with Gasteiger partial charge in [-0.25, -0.2) is 0 Å².